The van der Waals surface area contributed by atoms with Gasteiger partial charge in [-0.05, 0) is 83.5 Å². The highest BCUT2D eigenvalue weighted by atomic mass is 16.7. The van der Waals surface area contributed by atoms with Gasteiger partial charge in [-0.15, -0.1) is 0 Å². The number of esters is 2. The number of rotatable bonds is 49. The third-order valence-electron chi connectivity index (χ3n) is 11.4. The van der Waals surface area contributed by atoms with Gasteiger partial charge in [0.25, 0.3) is 6.29 Å². The van der Waals surface area contributed by atoms with E-state index in [-0.39, 0.29) is 32.2 Å². The Labute approximate surface area is 411 Å². The van der Waals surface area contributed by atoms with E-state index in [1.54, 1.807) is 0 Å². The SMILES string of the molecule is CC/C=C\C/C=C\C/C=C\C/C=C\C/C=C\CCCCCCCC(=O)OC(COC(=O)CCCCCCCCCCC/C=C\CCCCCCCCCC)COC(OCC[N+](C)(C)C)C(=O)O. The first-order valence-corrected chi connectivity index (χ1v) is 27.1. The summed E-state index contributed by atoms with van der Waals surface area (Å²) in [5, 5.41) is 9.68. The van der Waals surface area contributed by atoms with Crippen LogP contribution in [-0.4, -0.2) is 87.4 Å². The van der Waals surface area contributed by atoms with E-state index in [9.17, 15) is 19.5 Å². The van der Waals surface area contributed by atoms with Crippen LogP contribution in [0.4, 0.5) is 0 Å². The summed E-state index contributed by atoms with van der Waals surface area (Å²) >= 11 is 0. The molecular weight excluding hydrogens is 839 g/mol. The first-order valence-electron chi connectivity index (χ1n) is 27.1. The molecule has 0 aromatic rings. The van der Waals surface area contributed by atoms with Crippen molar-refractivity contribution in [3.8, 4) is 0 Å². The first kappa shape index (κ1) is 63.7. The number of hydrogen-bond acceptors (Lipinski definition) is 7. The lowest BCUT2D eigenvalue weighted by molar-refractivity contribution is -0.870. The fourth-order valence-corrected chi connectivity index (χ4v) is 7.27. The monoisotopic (exact) mass is 941 g/mol. The van der Waals surface area contributed by atoms with Crippen LogP contribution in [0.2, 0.25) is 0 Å². The van der Waals surface area contributed by atoms with E-state index in [0.717, 1.165) is 83.5 Å². The second-order valence-corrected chi connectivity index (χ2v) is 19.2. The molecule has 0 aromatic carbocycles. The zero-order chi connectivity index (χ0) is 49.2. The van der Waals surface area contributed by atoms with Gasteiger partial charge in [-0.25, -0.2) is 4.79 Å². The Kier molecular flexibility index (Phi) is 46.8. The molecule has 0 heterocycles. The van der Waals surface area contributed by atoms with Crippen molar-refractivity contribution in [2.75, 3.05) is 47.5 Å². The predicted octanol–water partition coefficient (Wildman–Crippen LogP) is 15.5. The number of carbonyl (C=O) groups excluding carboxylic acids is 2. The Morgan fingerprint density at radius 1 is 0.463 bits per heavy atom. The van der Waals surface area contributed by atoms with E-state index >= 15 is 0 Å². The molecule has 0 saturated heterocycles. The molecular formula is C58H102NO8+. The second kappa shape index (κ2) is 49.2. The molecule has 2 unspecified atom stereocenters. The number of nitrogens with zero attached hydrogens (tertiary/aromatic N) is 1. The number of carboxylic acid groups (broad SMARTS) is 1. The van der Waals surface area contributed by atoms with Gasteiger partial charge in [0.2, 0.25) is 0 Å². The molecule has 2 atom stereocenters. The molecule has 0 amide bonds. The lowest BCUT2D eigenvalue weighted by atomic mass is 10.1. The van der Waals surface area contributed by atoms with Gasteiger partial charge in [0.1, 0.15) is 13.2 Å². The lowest BCUT2D eigenvalue weighted by Crippen LogP contribution is -2.40. The van der Waals surface area contributed by atoms with Gasteiger partial charge in [-0.1, -0.05) is 196 Å². The van der Waals surface area contributed by atoms with E-state index in [2.05, 4.69) is 86.8 Å². The van der Waals surface area contributed by atoms with Crippen LogP contribution >= 0.6 is 0 Å². The predicted molar refractivity (Wildman–Crippen MR) is 281 cm³/mol. The number of unbranched alkanes of at least 4 members (excludes halogenated alkanes) is 22. The fraction of sp³-hybridized carbons (Fsp3) is 0.741. The van der Waals surface area contributed by atoms with E-state index in [4.69, 9.17) is 18.9 Å². The number of carboxylic acids is 1. The summed E-state index contributed by atoms with van der Waals surface area (Å²) in [6.07, 6.45) is 59.7. The fourth-order valence-electron chi connectivity index (χ4n) is 7.27. The molecule has 386 valence electrons. The van der Waals surface area contributed by atoms with Crippen LogP contribution < -0.4 is 0 Å². The van der Waals surface area contributed by atoms with Gasteiger partial charge < -0.3 is 28.5 Å². The number of likely N-dealkylation sites (N-methyl/N-ethyl adjacent to an activating group) is 1. The molecule has 0 radical (unpaired) electrons. The quantitative estimate of drug-likeness (QED) is 0.0211. The third-order valence-corrected chi connectivity index (χ3v) is 11.4. The molecule has 67 heavy (non-hydrogen) atoms. The van der Waals surface area contributed by atoms with Crippen molar-refractivity contribution in [3.63, 3.8) is 0 Å². The van der Waals surface area contributed by atoms with E-state index in [0.29, 0.717) is 23.9 Å². The van der Waals surface area contributed by atoms with Gasteiger partial charge in [-0.3, -0.25) is 9.59 Å². The topological polar surface area (TPSA) is 108 Å². The van der Waals surface area contributed by atoms with Crippen molar-refractivity contribution in [2.24, 2.45) is 0 Å². The molecule has 0 bridgehead atoms. The molecule has 0 aliphatic heterocycles. The number of allylic oxidation sites excluding steroid dienone is 12. The summed E-state index contributed by atoms with van der Waals surface area (Å²) in [5.74, 6) is -2.04. The summed E-state index contributed by atoms with van der Waals surface area (Å²) in [7, 11) is 5.95. The van der Waals surface area contributed by atoms with Crippen LogP contribution in [-0.2, 0) is 33.3 Å². The molecule has 0 fully saturated rings. The van der Waals surface area contributed by atoms with Crippen molar-refractivity contribution in [2.45, 2.75) is 232 Å². The highest BCUT2D eigenvalue weighted by Gasteiger charge is 2.25. The van der Waals surface area contributed by atoms with Crippen LogP contribution in [0.25, 0.3) is 0 Å². The number of ether oxygens (including phenoxy) is 4. The summed E-state index contributed by atoms with van der Waals surface area (Å²) in [6.45, 7) is 4.74. The Balaban J connectivity index is 4.36. The lowest BCUT2D eigenvalue weighted by Gasteiger charge is -2.25. The molecule has 0 rings (SSSR count). The highest BCUT2D eigenvalue weighted by Crippen LogP contribution is 2.15. The average Bonchev–Trinajstić information content (AvgIpc) is 3.29. The van der Waals surface area contributed by atoms with Crippen molar-refractivity contribution < 1.29 is 42.9 Å². The maximum Gasteiger partial charge on any atom is 0.361 e. The van der Waals surface area contributed by atoms with Crippen molar-refractivity contribution in [3.05, 3.63) is 72.9 Å². The maximum atomic E-state index is 12.8. The minimum atomic E-state index is -1.52. The van der Waals surface area contributed by atoms with E-state index < -0.39 is 24.3 Å². The van der Waals surface area contributed by atoms with Gasteiger partial charge >= 0.3 is 17.9 Å². The Morgan fingerprint density at radius 3 is 1.28 bits per heavy atom. The molecule has 1 N–H and O–H groups in total. The number of quaternary nitrogens is 1. The van der Waals surface area contributed by atoms with Crippen molar-refractivity contribution in [1.82, 2.24) is 0 Å². The number of hydrogen-bond donors (Lipinski definition) is 1. The van der Waals surface area contributed by atoms with Gasteiger partial charge in [0.05, 0.1) is 34.4 Å². The maximum absolute atomic E-state index is 12.8. The van der Waals surface area contributed by atoms with Crippen molar-refractivity contribution >= 4 is 17.9 Å². The summed E-state index contributed by atoms with van der Waals surface area (Å²) in [5.41, 5.74) is 0. The van der Waals surface area contributed by atoms with E-state index in [1.165, 1.54) is 103 Å². The van der Waals surface area contributed by atoms with Crippen LogP contribution in [0.5, 0.6) is 0 Å². The number of aliphatic carboxylic acids is 1. The van der Waals surface area contributed by atoms with Gasteiger partial charge in [-0.2, -0.15) is 0 Å². The number of carbonyl (C=O) groups is 3. The minimum Gasteiger partial charge on any atom is -0.477 e. The Bertz CT molecular complexity index is 1330. The van der Waals surface area contributed by atoms with E-state index in [1.807, 2.05) is 21.1 Å². The molecule has 0 saturated carbocycles. The smallest absolute Gasteiger partial charge is 0.361 e. The summed E-state index contributed by atoms with van der Waals surface area (Å²) in [4.78, 5) is 37.4. The van der Waals surface area contributed by atoms with Crippen LogP contribution in [0.15, 0.2) is 72.9 Å². The Morgan fingerprint density at radius 2 is 0.851 bits per heavy atom. The van der Waals surface area contributed by atoms with Crippen LogP contribution in [0, 0.1) is 0 Å². The Hall–Kier alpha value is -3.27. The highest BCUT2D eigenvalue weighted by molar-refractivity contribution is 5.71. The zero-order valence-corrected chi connectivity index (χ0v) is 43.8. The summed E-state index contributed by atoms with van der Waals surface area (Å²) < 4.78 is 22.8. The average molecular weight is 941 g/mol. The second-order valence-electron chi connectivity index (χ2n) is 19.2. The molecule has 0 spiro atoms. The van der Waals surface area contributed by atoms with Gasteiger partial charge in [0, 0.05) is 12.8 Å². The summed E-state index contributed by atoms with van der Waals surface area (Å²) in [6, 6.07) is 0. The molecule has 9 heteroatoms. The van der Waals surface area contributed by atoms with Crippen molar-refractivity contribution in [1.29, 1.82) is 0 Å². The van der Waals surface area contributed by atoms with Crippen LogP contribution in [0.1, 0.15) is 219 Å². The first-order chi connectivity index (χ1) is 32.6. The standard InChI is InChI=1S/C58H101NO8/c1-6-8-10-12-14-16-18-20-22-24-26-28-30-32-34-36-38-40-42-44-46-48-55(60)65-52-54(53-66-58(57(62)63)64-51-50-59(3,4)5)67-56(61)49-47-45-43-41-39-37-35-33-31-29-27-25-23-21-19-17-15-13-11-9-7-2/h9,11,15,17,21,23-24,26-27,29,33,35,54,58H,6-8,10,12-14,16,18-20,22,25,28,30-32,34,36-53H2,1-5H3/p+1/b11-9-,17-15-,23-21-,26-24-,29-27-,35-33-. The minimum absolute atomic E-state index is 0.180. The van der Waals surface area contributed by atoms with Gasteiger partial charge in [0.15, 0.2) is 6.10 Å². The molecule has 0 aliphatic rings. The molecule has 9 nitrogen and oxygen atoms in total. The largest absolute Gasteiger partial charge is 0.477 e. The van der Waals surface area contributed by atoms with Crippen LogP contribution in [0.3, 0.4) is 0 Å². The zero-order valence-electron chi connectivity index (χ0n) is 43.8. The molecule has 0 aliphatic carbocycles. The third kappa shape index (κ3) is 50.4. The normalized spacial score (nSPS) is 13.4. The molecule has 0 aromatic heterocycles.